The first-order chi connectivity index (χ1) is 8.29. The largest absolute Gasteiger partial charge is 0.0683 e. The van der Waals surface area contributed by atoms with Gasteiger partial charge >= 0.3 is 0 Å². The third kappa shape index (κ3) is 5.39. The summed E-state index contributed by atoms with van der Waals surface area (Å²) in [6, 6.07) is 4.50. The quantitative estimate of drug-likeness (QED) is 0.528. The number of hydrogen-bond donors (Lipinski definition) is 0. The van der Waals surface area contributed by atoms with Gasteiger partial charge in [-0.1, -0.05) is 53.7 Å². The second kappa shape index (κ2) is 11.7. The summed E-state index contributed by atoms with van der Waals surface area (Å²) in [5, 5.41) is 0. The smallest absolute Gasteiger partial charge is 0.0270 e. The van der Waals surface area contributed by atoms with Gasteiger partial charge in [0.05, 0.1) is 0 Å². The van der Waals surface area contributed by atoms with Gasteiger partial charge in [0.2, 0.25) is 0 Å². The number of aryl methyl sites for hydroxylation is 2. The van der Waals surface area contributed by atoms with Gasteiger partial charge in [0, 0.05) is 0 Å². The maximum Gasteiger partial charge on any atom is -0.0270 e. The predicted molar refractivity (Wildman–Crippen MR) is 82.0 cm³/mol. The second-order valence-electron chi connectivity index (χ2n) is 3.51. The SMILES string of the molecule is CC.CC.CC.Cc1ccc(C)c2c1CCC2. The van der Waals surface area contributed by atoms with Crippen LogP contribution in [0.4, 0.5) is 0 Å². The van der Waals surface area contributed by atoms with Gasteiger partial charge in [-0.25, -0.2) is 0 Å². The summed E-state index contributed by atoms with van der Waals surface area (Å²) in [5.41, 5.74) is 6.24. The topological polar surface area (TPSA) is 0 Å². The van der Waals surface area contributed by atoms with E-state index in [1.165, 1.54) is 30.4 Å². The molecule has 0 nitrogen and oxygen atoms in total. The van der Waals surface area contributed by atoms with Crippen LogP contribution in [0.5, 0.6) is 0 Å². The Morgan fingerprint density at radius 2 is 0.941 bits per heavy atom. The fourth-order valence-corrected chi connectivity index (χ4v) is 2.07. The lowest BCUT2D eigenvalue weighted by molar-refractivity contribution is 0.907. The minimum atomic E-state index is 1.31. The Morgan fingerprint density at radius 3 is 1.24 bits per heavy atom. The first kappa shape index (κ1) is 18.6. The molecule has 0 spiro atoms. The molecule has 100 valence electrons. The zero-order chi connectivity index (χ0) is 13.8. The molecule has 0 unspecified atom stereocenters. The number of hydrogen-bond acceptors (Lipinski definition) is 0. The van der Waals surface area contributed by atoms with Crippen LogP contribution >= 0.6 is 0 Å². The fourth-order valence-electron chi connectivity index (χ4n) is 2.07. The first-order valence-corrected chi connectivity index (χ1v) is 7.37. The van der Waals surface area contributed by atoms with Gasteiger partial charge in [-0.2, -0.15) is 0 Å². The van der Waals surface area contributed by atoms with Crippen LogP contribution in [0.1, 0.15) is 70.2 Å². The van der Waals surface area contributed by atoms with Gasteiger partial charge in [0.25, 0.3) is 0 Å². The molecular formula is C17H32. The highest BCUT2D eigenvalue weighted by atomic mass is 14.2. The second-order valence-corrected chi connectivity index (χ2v) is 3.51. The summed E-state index contributed by atoms with van der Waals surface area (Å²) >= 11 is 0. The van der Waals surface area contributed by atoms with Crippen LogP contribution in [0.2, 0.25) is 0 Å². The Bertz CT molecular complexity index is 255. The molecule has 1 aliphatic carbocycles. The lowest BCUT2D eigenvalue weighted by atomic mass is 10.0. The van der Waals surface area contributed by atoms with Crippen LogP contribution < -0.4 is 0 Å². The molecule has 0 fully saturated rings. The van der Waals surface area contributed by atoms with E-state index in [4.69, 9.17) is 0 Å². The van der Waals surface area contributed by atoms with E-state index in [9.17, 15) is 0 Å². The summed E-state index contributed by atoms with van der Waals surface area (Å²) in [4.78, 5) is 0. The van der Waals surface area contributed by atoms with E-state index < -0.39 is 0 Å². The molecule has 0 aromatic heterocycles. The van der Waals surface area contributed by atoms with Crippen molar-refractivity contribution in [2.45, 2.75) is 74.7 Å². The predicted octanol–water partition coefficient (Wildman–Crippen LogP) is 5.87. The summed E-state index contributed by atoms with van der Waals surface area (Å²) in [5.74, 6) is 0. The Kier molecular flexibility index (Phi) is 12.8. The number of benzene rings is 1. The molecule has 1 aromatic carbocycles. The molecule has 0 bridgehead atoms. The lowest BCUT2D eigenvalue weighted by Crippen LogP contribution is -1.90. The lowest BCUT2D eigenvalue weighted by Gasteiger charge is -2.05. The molecule has 0 aliphatic heterocycles. The molecule has 0 saturated heterocycles. The van der Waals surface area contributed by atoms with Crippen molar-refractivity contribution in [2.75, 3.05) is 0 Å². The maximum atomic E-state index is 2.25. The van der Waals surface area contributed by atoms with E-state index >= 15 is 0 Å². The molecule has 17 heavy (non-hydrogen) atoms. The van der Waals surface area contributed by atoms with Crippen molar-refractivity contribution in [3.8, 4) is 0 Å². The van der Waals surface area contributed by atoms with Crippen LogP contribution in [-0.2, 0) is 12.8 Å². The van der Waals surface area contributed by atoms with Crippen molar-refractivity contribution in [2.24, 2.45) is 0 Å². The third-order valence-electron chi connectivity index (χ3n) is 2.75. The van der Waals surface area contributed by atoms with E-state index in [-0.39, 0.29) is 0 Å². The average Bonchev–Trinajstić information content (AvgIpc) is 2.92. The van der Waals surface area contributed by atoms with Crippen molar-refractivity contribution in [3.63, 3.8) is 0 Å². The fraction of sp³-hybridized carbons (Fsp3) is 0.647. The van der Waals surface area contributed by atoms with Crippen molar-refractivity contribution >= 4 is 0 Å². The normalized spacial score (nSPS) is 10.8. The molecule has 0 N–H and O–H groups in total. The van der Waals surface area contributed by atoms with E-state index in [1.807, 2.05) is 41.5 Å². The molecular weight excluding hydrogens is 204 g/mol. The van der Waals surface area contributed by atoms with Gasteiger partial charge in [-0.3, -0.25) is 0 Å². The van der Waals surface area contributed by atoms with Crippen LogP contribution in [-0.4, -0.2) is 0 Å². The van der Waals surface area contributed by atoms with E-state index in [0.29, 0.717) is 0 Å². The Balaban J connectivity index is 0. The molecule has 0 heteroatoms. The average molecular weight is 236 g/mol. The van der Waals surface area contributed by atoms with E-state index in [0.717, 1.165) is 0 Å². The van der Waals surface area contributed by atoms with Crippen LogP contribution in [0.25, 0.3) is 0 Å². The summed E-state index contributed by atoms with van der Waals surface area (Å²) in [6.45, 7) is 16.5. The van der Waals surface area contributed by atoms with Crippen LogP contribution in [0.3, 0.4) is 0 Å². The van der Waals surface area contributed by atoms with Crippen molar-refractivity contribution in [1.29, 1.82) is 0 Å². The summed E-state index contributed by atoms with van der Waals surface area (Å²) < 4.78 is 0. The minimum Gasteiger partial charge on any atom is -0.0683 e. The molecule has 1 aliphatic rings. The number of rotatable bonds is 0. The van der Waals surface area contributed by atoms with Gasteiger partial charge in [0.1, 0.15) is 0 Å². The van der Waals surface area contributed by atoms with Crippen molar-refractivity contribution < 1.29 is 0 Å². The summed E-state index contributed by atoms with van der Waals surface area (Å²) in [6.07, 6.45) is 3.98. The van der Waals surface area contributed by atoms with Crippen LogP contribution in [0, 0.1) is 13.8 Å². The zero-order valence-corrected chi connectivity index (χ0v) is 13.3. The maximum absolute atomic E-state index is 2.25. The van der Waals surface area contributed by atoms with Crippen LogP contribution in [0.15, 0.2) is 12.1 Å². The molecule has 0 radical (unpaired) electrons. The third-order valence-corrected chi connectivity index (χ3v) is 2.75. The summed E-state index contributed by atoms with van der Waals surface area (Å²) in [7, 11) is 0. The molecule has 0 saturated carbocycles. The standard InChI is InChI=1S/C11H14.3C2H6/c1-8-6-7-9(2)11-5-3-4-10(8)11;3*1-2/h6-7H,3-5H2,1-2H3;3*1-2H3. The molecule has 1 aromatic rings. The first-order valence-electron chi connectivity index (χ1n) is 7.37. The van der Waals surface area contributed by atoms with Crippen molar-refractivity contribution in [1.82, 2.24) is 0 Å². The Labute approximate surface area is 109 Å². The van der Waals surface area contributed by atoms with Crippen molar-refractivity contribution in [3.05, 3.63) is 34.4 Å². The van der Waals surface area contributed by atoms with Gasteiger partial charge in [-0.05, 0) is 55.4 Å². The van der Waals surface area contributed by atoms with Gasteiger partial charge in [-0.15, -0.1) is 0 Å². The monoisotopic (exact) mass is 236 g/mol. The highest BCUT2D eigenvalue weighted by Crippen LogP contribution is 2.27. The van der Waals surface area contributed by atoms with E-state index in [1.54, 1.807) is 11.1 Å². The number of fused-ring (bicyclic) bond motifs is 1. The molecule has 0 amide bonds. The molecule has 0 atom stereocenters. The van der Waals surface area contributed by atoms with Gasteiger partial charge < -0.3 is 0 Å². The highest BCUT2D eigenvalue weighted by molar-refractivity contribution is 5.42. The zero-order valence-electron chi connectivity index (χ0n) is 13.3. The van der Waals surface area contributed by atoms with Gasteiger partial charge in [0.15, 0.2) is 0 Å². The Morgan fingerprint density at radius 1 is 0.647 bits per heavy atom. The molecule has 0 heterocycles. The highest BCUT2D eigenvalue weighted by Gasteiger charge is 2.13. The van der Waals surface area contributed by atoms with E-state index in [2.05, 4.69) is 26.0 Å². The molecule has 2 rings (SSSR count). The minimum absolute atomic E-state index is 1.31. The Hall–Kier alpha value is -0.780.